The van der Waals surface area contributed by atoms with Crippen molar-refractivity contribution in [3.8, 4) is 0 Å². The third-order valence-corrected chi connectivity index (χ3v) is 6.82. The van der Waals surface area contributed by atoms with Crippen LogP contribution >= 0.6 is 12.6 Å². The molecule has 1 heterocycles. The van der Waals surface area contributed by atoms with E-state index in [1.807, 2.05) is 19.0 Å². The zero-order valence-electron chi connectivity index (χ0n) is 26.6. The minimum Gasteiger partial charge on any atom is -0.397 e. The Bertz CT molecular complexity index is 1090. The van der Waals surface area contributed by atoms with Crippen LogP contribution in [0.4, 0.5) is 4.53 Å². The molecule has 15 nitrogen and oxygen atoms in total. The molecule has 1 rings (SSSR count). The molecule has 1 aromatic heterocycles. The second kappa shape index (κ2) is 22.0. The van der Waals surface area contributed by atoms with Gasteiger partial charge in [-0.1, -0.05) is 20.3 Å². The molecule has 0 aliphatic rings. The summed E-state index contributed by atoms with van der Waals surface area (Å²) in [5.41, 5.74) is 7.06. The molecule has 1 aromatic rings. The van der Waals surface area contributed by atoms with Gasteiger partial charge in [-0.15, -0.1) is 12.6 Å². The number of carbonyl (C=O) groups excluding carboxylic acids is 4. The van der Waals surface area contributed by atoms with Crippen molar-refractivity contribution in [1.82, 2.24) is 41.1 Å². The first-order valence-corrected chi connectivity index (χ1v) is 15.3. The fraction of sp³-hybridized carbons (Fsp3) is 0.643. The van der Waals surface area contributed by atoms with Gasteiger partial charge in [0.25, 0.3) is 0 Å². The number of unbranched alkanes of at least 4 members (excludes halogenated alkanes) is 3. The van der Waals surface area contributed by atoms with E-state index < -0.39 is 43.1 Å². The maximum Gasteiger partial charge on any atom is 0.243 e. The number of nitrogens with zero attached hydrogens (tertiary/aromatic N) is 4. The summed E-state index contributed by atoms with van der Waals surface area (Å²) in [5, 5.41) is 11.9. The van der Waals surface area contributed by atoms with E-state index in [9.17, 15) is 23.7 Å². The molecular weight excluding hydrogens is 607 g/mol. The summed E-state index contributed by atoms with van der Waals surface area (Å²) < 4.78 is 11.8. The number of hydrogen-bond acceptors (Lipinski definition) is 12. The van der Waals surface area contributed by atoms with Crippen LogP contribution < -0.4 is 32.8 Å². The second-order valence-electron chi connectivity index (χ2n) is 11.1. The zero-order chi connectivity index (χ0) is 33.8. The van der Waals surface area contributed by atoms with Crippen LogP contribution in [-0.2, 0) is 24.1 Å². The van der Waals surface area contributed by atoms with Crippen LogP contribution in [0.1, 0.15) is 64.4 Å². The summed E-state index contributed by atoms with van der Waals surface area (Å²) in [6.45, 7) is 3.84. The van der Waals surface area contributed by atoms with Crippen molar-refractivity contribution in [3.05, 3.63) is 24.2 Å². The summed E-state index contributed by atoms with van der Waals surface area (Å²) in [6, 6.07) is -1.80. The van der Waals surface area contributed by atoms with E-state index in [4.69, 9.17) is 11.6 Å². The molecule has 8 N–H and O–H groups in total. The Labute approximate surface area is 269 Å². The zero-order valence-corrected chi connectivity index (χ0v) is 27.4. The topological polar surface area (TPSA) is 210 Å². The van der Waals surface area contributed by atoms with Crippen LogP contribution in [0.2, 0.25) is 0 Å². The molecular formula is C28H49FN10O5S. The number of rotatable bonds is 22. The van der Waals surface area contributed by atoms with Gasteiger partial charge in [0.15, 0.2) is 11.9 Å². The van der Waals surface area contributed by atoms with E-state index in [1.165, 1.54) is 5.01 Å². The fourth-order valence-electron chi connectivity index (χ4n) is 4.09. The first-order valence-electron chi connectivity index (χ1n) is 14.9. The van der Waals surface area contributed by atoms with E-state index in [1.54, 1.807) is 32.4 Å². The Morgan fingerprint density at radius 1 is 0.978 bits per heavy atom. The second-order valence-corrected chi connectivity index (χ2v) is 11.5. The minimum atomic E-state index is -0.930. The number of amides is 4. The molecule has 0 bridgehead atoms. The highest BCUT2D eigenvalue weighted by atomic mass is 32.1. The van der Waals surface area contributed by atoms with Crippen molar-refractivity contribution in [2.24, 2.45) is 17.5 Å². The fourth-order valence-corrected chi connectivity index (χ4v) is 4.21. The summed E-state index contributed by atoms with van der Waals surface area (Å²) >= 11 is 4.04. The van der Waals surface area contributed by atoms with E-state index in [2.05, 4.69) is 48.8 Å². The van der Waals surface area contributed by atoms with E-state index >= 15 is 0 Å². The lowest BCUT2D eigenvalue weighted by Gasteiger charge is -2.25. The molecule has 0 aromatic carbocycles. The molecule has 45 heavy (non-hydrogen) atoms. The van der Waals surface area contributed by atoms with Crippen molar-refractivity contribution in [2.45, 2.75) is 76.0 Å². The van der Waals surface area contributed by atoms with Gasteiger partial charge >= 0.3 is 0 Å². The van der Waals surface area contributed by atoms with Crippen LogP contribution in [0.15, 0.2) is 23.8 Å². The van der Waals surface area contributed by atoms with Gasteiger partial charge in [-0.05, 0) is 63.2 Å². The molecule has 254 valence electrons. The van der Waals surface area contributed by atoms with Gasteiger partial charge < -0.3 is 36.9 Å². The molecule has 0 aliphatic carbocycles. The van der Waals surface area contributed by atoms with Crippen LogP contribution in [0.25, 0.3) is 5.70 Å². The van der Waals surface area contributed by atoms with Crippen molar-refractivity contribution in [2.75, 3.05) is 40.5 Å². The normalized spacial score (nSPS) is 12.9. The van der Waals surface area contributed by atoms with Gasteiger partial charge in [0.1, 0.15) is 12.1 Å². The van der Waals surface area contributed by atoms with Crippen LogP contribution in [-0.4, -0.2) is 96.0 Å². The first-order chi connectivity index (χ1) is 21.3. The number of nitrogens with one attached hydrogen (secondary N) is 4. The van der Waals surface area contributed by atoms with Crippen molar-refractivity contribution in [1.29, 1.82) is 0 Å². The van der Waals surface area contributed by atoms with Gasteiger partial charge in [0.2, 0.25) is 23.6 Å². The Hall–Kier alpha value is -3.54. The lowest BCUT2D eigenvalue weighted by atomic mass is 10.0. The largest absolute Gasteiger partial charge is 0.397 e. The first kappa shape index (κ1) is 39.5. The SMILES string of the molecule is CC(C)[C@H](NC(=O)CCCCCN(N)/C=C(\N)c1cnc(S)nc1)C(=O)N[C@@H](CCCCN(C)C)C(=O)NCC(=O)NCOF. The van der Waals surface area contributed by atoms with Gasteiger partial charge in [-0.2, -0.15) is 4.94 Å². The summed E-state index contributed by atoms with van der Waals surface area (Å²) in [4.78, 5) is 63.8. The molecule has 0 radical (unpaired) electrons. The molecule has 0 aliphatic heterocycles. The predicted molar refractivity (Wildman–Crippen MR) is 170 cm³/mol. The van der Waals surface area contributed by atoms with Crippen LogP contribution in [0.5, 0.6) is 0 Å². The Balaban J connectivity index is 2.61. The summed E-state index contributed by atoms with van der Waals surface area (Å²) in [6.07, 6.45) is 8.64. The number of halogens is 1. The maximum absolute atomic E-state index is 13.2. The molecule has 2 atom stereocenters. The number of hydrogen-bond donors (Lipinski definition) is 7. The van der Waals surface area contributed by atoms with Gasteiger partial charge in [-0.25, -0.2) is 15.8 Å². The molecule has 0 unspecified atom stereocenters. The Kier molecular flexibility index (Phi) is 19.3. The molecule has 0 saturated carbocycles. The average molecular weight is 657 g/mol. The lowest BCUT2D eigenvalue weighted by Crippen LogP contribution is -2.56. The van der Waals surface area contributed by atoms with Crippen molar-refractivity contribution >= 4 is 42.0 Å². The monoisotopic (exact) mass is 656 g/mol. The lowest BCUT2D eigenvalue weighted by molar-refractivity contribution is -0.149. The number of hydrazine groups is 1. The number of carbonyl (C=O) groups is 4. The Morgan fingerprint density at radius 2 is 1.64 bits per heavy atom. The van der Waals surface area contributed by atoms with Gasteiger partial charge in [0.05, 0.1) is 12.2 Å². The summed E-state index contributed by atoms with van der Waals surface area (Å²) in [5.74, 6) is 3.75. The van der Waals surface area contributed by atoms with E-state index in [-0.39, 0.29) is 18.2 Å². The minimum absolute atomic E-state index is 0.207. The third-order valence-electron chi connectivity index (χ3n) is 6.59. The molecule has 0 fully saturated rings. The maximum atomic E-state index is 13.2. The molecule has 17 heteroatoms. The van der Waals surface area contributed by atoms with Crippen LogP contribution in [0.3, 0.4) is 0 Å². The molecule has 0 saturated heterocycles. The quantitative estimate of drug-likeness (QED) is 0.0224. The smallest absolute Gasteiger partial charge is 0.243 e. The number of nitrogens with two attached hydrogens (primary N) is 2. The number of thiol groups is 1. The van der Waals surface area contributed by atoms with Crippen molar-refractivity contribution in [3.63, 3.8) is 0 Å². The third kappa shape index (κ3) is 17.5. The standard InChI is InChI=1S/C28H49FN10O5S/c1-19(2)25(27(43)36-22(10-7-9-12-38(3)4)26(42)32-16-24(41)35-18-44-29)37-23(40)11-6-5-8-13-39(31)17-21(30)20-14-33-28(45)34-15-20/h14-15,17,19,22,25H,5-13,16,18,30-31H2,1-4H3,(H,32,42)(H,35,41)(H,36,43)(H,37,40)(H,33,34,45)/b21-17-/t22-,25-/m0/s1. The number of aromatic nitrogens is 2. The predicted octanol–water partition coefficient (Wildman–Crippen LogP) is 0.207. The Morgan fingerprint density at radius 3 is 2.27 bits per heavy atom. The average Bonchev–Trinajstić information content (AvgIpc) is 2.98. The summed E-state index contributed by atoms with van der Waals surface area (Å²) in [7, 11) is 3.87. The van der Waals surface area contributed by atoms with Crippen molar-refractivity contribution < 1.29 is 28.6 Å². The highest BCUT2D eigenvalue weighted by molar-refractivity contribution is 7.80. The molecule has 0 spiro atoms. The van der Waals surface area contributed by atoms with Gasteiger partial charge in [-0.3, -0.25) is 19.2 Å². The van der Waals surface area contributed by atoms with E-state index in [0.29, 0.717) is 55.1 Å². The van der Waals surface area contributed by atoms with Gasteiger partial charge in [0, 0.05) is 37.1 Å². The van der Waals surface area contributed by atoms with Crippen LogP contribution in [0, 0.1) is 5.92 Å². The highest BCUT2D eigenvalue weighted by Gasteiger charge is 2.28. The highest BCUT2D eigenvalue weighted by Crippen LogP contribution is 2.10. The van der Waals surface area contributed by atoms with E-state index in [0.717, 1.165) is 13.0 Å². The molecule has 4 amide bonds.